The van der Waals surface area contributed by atoms with Crippen molar-refractivity contribution < 1.29 is 8.78 Å². The Labute approximate surface area is 135 Å². The summed E-state index contributed by atoms with van der Waals surface area (Å²) >= 11 is 4.95. The Morgan fingerprint density at radius 2 is 1.90 bits per heavy atom. The first-order valence-electron chi connectivity index (χ1n) is 6.76. The standard InChI is InChI=1S/C16H14BrF2NS/c17-13-7-10(9-20-11-2-3-11)1-6-16(13)21-12-4-5-14(18)15(19)8-12/h1,4-8,11,20H,2-3,9H2. The Bertz CT molecular complexity index is 659. The molecule has 3 rings (SSSR count). The van der Waals surface area contributed by atoms with Crippen LogP contribution in [0.5, 0.6) is 0 Å². The van der Waals surface area contributed by atoms with Crippen molar-refractivity contribution in [1.29, 1.82) is 0 Å². The van der Waals surface area contributed by atoms with Crippen LogP contribution in [0.25, 0.3) is 0 Å². The van der Waals surface area contributed by atoms with Crippen LogP contribution in [0, 0.1) is 11.6 Å². The molecule has 0 unspecified atom stereocenters. The van der Waals surface area contributed by atoms with Crippen molar-refractivity contribution in [3.05, 3.63) is 58.1 Å². The molecular weight excluding hydrogens is 356 g/mol. The van der Waals surface area contributed by atoms with E-state index in [1.54, 1.807) is 6.07 Å². The van der Waals surface area contributed by atoms with E-state index in [-0.39, 0.29) is 0 Å². The number of hydrogen-bond donors (Lipinski definition) is 1. The number of rotatable bonds is 5. The van der Waals surface area contributed by atoms with Gasteiger partial charge >= 0.3 is 0 Å². The van der Waals surface area contributed by atoms with Crippen LogP contribution >= 0.6 is 27.7 Å². The van der Waals surface area contributed by atoms with Gasteiger partial charge in [0.1, 0.15) is 0 Å². The van der Waals surface area contributed by atoms with Crippen LogP contribution in [0.2, 0.25) is 0 Å². The van der Waals surface area contributed by atoms with Gasteiger partial charge < -0.3 is 5.32 Å². The molecule has 0 saturated heterocycles. The van der Waals surface area contributed by atoms with Crippen molar-refractivity contribution in [3.8, 4) is 0 Å². The summed E-state index contributed by atoms with van der Waals surface area (Å²) in [4.78, 5) is 1.66. The molecule has 0 spiro atoms. The number of halogens is 3. The summed E-state index contributed by atoms with van der Waals surface area (Å²) in [5, 5.41) is 3.46. The summed E-state index contributed by atoms with van der Waals surface area (Å²) in [7, 11) is 0. The van der Waals surface area contributed by atoms with Gasteiger partial charge in [-0.25, -0.2) is 8.78 Å². The molecule has 0 radical (unpaired) electrons. The molecule has 1 fully saturated rings. The van der Waals surface area contributed by atoms with Crippen LogP contribution in [-0.4, -0.2) is 6.04 Å². The molecule has 110 valence electrons. The minimum Gasteiger partial charge on any atom is -0.310 e. The van der Waals surface area contributed by atoms with Gasteiger partial charge in [-0.1, -0.05) is 17.8 Å². The first kappa shape index (κ1) is 15.0. The Morgan fingerprint density at radius 3 is 2.57 bits per heavy atom. The highest BCUT2D eigenvalue weighted by molar-refractivity contribution is 9.10. The van der Waals surface area contributed by atoms with Crippen molar-refractivity contribution in [3.63, 3.8) is 0 Å². The lowest BCUT2D eigenvalue weighted by atomic mass is 10.2. The predicted molar refractivity (Wildman–Crippen MR) is 84.5 cm³/mol. The minimum absolute atomic E-state index is 0.679. The van der Waals surface area contributed by atoms with E-state index in [0.29, 0.717) is 10.9 Å². The number of nitrogens with one attached hydrogen (secondary N) is 1. The van der Waals surface area contributed by atoms with Crippen LogP contribution in [0.1, 0.15) is 18.4 Å². The van der Waals surface area contributed by atoms with Gasteiger partial charge in [0.2, 0.25) is 0 Å². The van der Waals surface area contributed by atoms with Crippen molar-refractivity contribution in [2.24, 2.45) is 0 Å². The quantitative estimate of drug-likeness (QED) is 0.783. The Kier molecular flexibility index (Phi) is 4.62. The van der Waals surface area contributed by atoms with E-state index >= 15 is 0 Å². The van der Waals surface area contributed by atoms with E-state index in [1.165, 1.54) is 36.2 Å². The zero-order valence-corrected chi connectivity index (χ0v) is 13.6. The number of hydrogen-bond acceptors (Lipinski definition) is 2. The maximum Gasteiger partial charge on any atom is 0.159 e. The zero-order chi connectivity index (χ0) is 14.8. The van der Waals surface area contributed by atoms with Gasteiger partial charge in [-0.15, -0.1) is 0 Å². The molecule has 2 aromatic carbocycles. The highest BCUT2D eigenvalue weighted by atomic mass is 79.9. The molecule has 1 nitrogen and oxygen atoms in total. The van der Waals surface area contributed by atoms with Crippen LogP contribution in [0.15, 0.2) is 50.7 Å². The second kappa shape index (κ2) is 6.46. The molecular formula is C16H14BrF2NS. The molecule has 21 heavy (non-hydrogen) atoms. The van der Waals surface area contributed by atoms with E-state index < -0.39 is 11.6 Å². The fourth-order valence-corrected chi connectivity index (χ4v) is 3.47. The largest absolute Gasteiger partial charge is 0.310 e. The minimum atomic E-state index is -0.820. The summed E-state index contributed by atoms with van der Waals surface area (Å²) in [5.74, 6) is -1.64. The maximum atomic E-state index is 13.2. The van der Waals surface area contributed by atoms with E-state index in [9.17, 15) is 8.78 Å². The molecule has 1 saturated carbocycles. The molecule has 2 aromatic rings. The molecule has 5 heteroatoms. The third kappa shape index (κ3) is 4.05. The molecule has 1 N–H and O–H groups in total. The van der Waals surface area contributed by atoms with Crippen LogP contribution in [-0.2, 0) is 6.54 Å². The first-order valence-corrected chi connectivity index (χ1v) is 8.37. The van der Waals surface area contributed by atoms with E-state index in [4.69, 9.17) is 0 Å². The SMILES string of the molecule is Fc1ccc(Sc2ccc(CNC3CC3)cc2Br)cc1F. The third-order valence-corrected chi connectivity index (χ3v) is 5.27. The third-order valence-electron chi connectivity index (χ3n) is 3.29. The highest BCUT2D eigenvalue weighted by Gasteiger charge is 2.20. The lowest BCUT2D eigenvalue weighted by Gasteiger charge is -2.08. The lowest BCUT2D eigenvalue weighted by molar-refractivity contribution is 0.506. The summed E-state index contributed by atoms with van der Waals surface area (Å²) in [6, 6.07) is 10.8. The smallest absolute Gasteiger partial charge is 0.159 e. The second-order valence-corrected chi connectivity index (χ2v) is 7.07. The average molecular weight is 370 g/mol. The van der Waals surface area contributed by atoms with Gasteiger partial charge in [0.05, 0.1) is 0 Å². The maximum absolute atomic E-state index is 13.2. The van der Waals surface area contributed by atoms with Gasteiger partial charge in [0, 0.05) is 26.9 Å². The Balaban J connectivity index is 1.70. The fraction of sp³-hybridized carbons (Fsp3) is 0.250. The summed E-state index contributed by atoms with van der Waals surface area (Å²) in [6.45, 7) is 0.861. The van der Waals surface area contributed by atoms with Gasteiger partial charge in [-0.05, 0) is 64.7 Å². The topological polar surface area (TPSA) is 12.0 Å². The van der Waals surface area contributed by atoms with Crippen molar-refractivity contribution in [2.45, 2.75) is 35.2 Å². The van der Waals surface area contributed by atoms with Crippen LogP contribution in [0.3, 0.4) is 0 Å². The molecule has 0 aliphatic heterocycles. The van der Waals surface area contributed by atoms with Gasteiger partial charge in [0.15, 0.2) is 11.6 Å². The van der Waals surface area contributed by atoms with Gasteiger partial charge in [0.25, 0.3) is 0 Å². The summed E-state index contributed by atoms with van der Waals surface area (Å²) in [6.07, 6.45) is 2.54. The van der Waals surface area contributed by atoms with Gasteiger partial charge in [-0.2, -0.15) is 0 Å². The monoisotopic (exact) mass is 369 g/mol. The Hall–Kier alpha value is -0.910. The lowest BCUT2D eigenvalue weighted by Crippen LogP contribution is -2.15. The second-order valence-electron chi connectivity index (χ2n) is 5.10. The van der Waals surface area contributed by atoms with Crippen molar-refractivity contribution in [2.75, 3.05) is 0 Å². The fourth-order valence-electron chi connectivity index (χ4n) is 1.95. The van der Waals surface area contributed by atoms with E-state index in [0.717, 1.165) is 22.0 Å². The zero-order valence-electron chi connectivity index (χ0n) is 11.2. The summed E-state index contributed by atoms with van der Waals surface area (Å²) in [5.41, 5.74) is 1.21. The average Bonchev–Trinajstić information content (AvgIpc) is 3.27. The summed E-state index contributed by atoms with van der Waals surface area (Å²) < 4.78 is 27.1. The molecule has 0 atom stereocenters. The molecule has 0 bridgehead atoms. The van der Waals surface area contributed by atoms with Gasteiger partial charge in [-0.3, -0.25) is 0 Å². The highest BCUT2D eigenvalue weighted by Crippen LogP contribution is 2.34. The predicted octanol–water partition coefficient (Wildman–Crippen LogP) is 5.13. The number of benzene rings is 2. The normalized spacial score (nSPS) is 14.4. The molecule has 0 amide bonds. The first-order chi connectivity index (χ1) is 10.1. The Morgan fingerprint density at radius 1 is 1.10 bits per heavy atom. The van der Waals surface area contributed by atoms with E-state index in [1.807, 2.05) is 6.07 Å². The van der Waals surface area contributed by atoms with E-state index in [2.05, 4.69) is 33.4 Å². The van der Waals surface area contributed by atoms with Crippen molar-refractivity contribution in [1.82, 2.24) is 5.32 Å². The molecule has 1 aliphatic rings. The molecule has 0 aromatic heterocycles. The van der Waals surface area contributed by atoms with Crippen LogP contribution in [0.4, 0.5) is 8.78 Å². The van der Waals surface area contributed by atoms with Crippen molar-refractivity contribution >= 4 is 27.7 Å². The van der Waals surface area contributed by atoms with Crippen LogP contribution < -0.4 is 5.32 Å². The molecule has 0 heterocycles. The molecule has 1 aliphatic carbocycles.